The molecule has 0 heterocycles. The molecule has 4 rings (SSSR count). The van der Waals surface area contributed by atoms with Gasteiger partial charge in [0, 0.05) is 0 Å². The Balaban J connectivity index is 1.59. The molecule has 3 aromatic rings. The lowest BCUT2D eigenvalue weighted by molar-refractivity contribution is -0.120. The van der Waals surface area contributed by atoms with Crippen molar-refractivity contribution in [3.8, 4) is 0 Å². The zero-order chi connectivity index (χ0) is 24.8. The summed E-state index contributed by atoms with van der Waals surface area (Å²) in [7, 11) is -3.92. The molecular formula is C29H34N2O3S. The second-order valence-corrected chi connectivity index (χ2v) is 11.0. The quantitative estimate of drug-likeness (QED) is 0.425. The number of hydrogen-bond donors (Lipinski definition) is 1. The Hall–Kier alpha value is -3.12. The van der Waals surface area contributed by atoms with Crippen LogP contribution in [0.1, 0.15) is 61.4 Å². The fraction of sp³-hybridized carbons (Fsp3) is 0.345. The molecule has 6 heteroatoms. The van der Waals surface area contributed by atoms with Crippen molar-refractivity contribution >= 4 is 21.6 Å². The van der Waals surface area contributed by atoms with Crippen molar-refractivity contribution in [2.75, 3.05) is 10.8 Å². The number of fused-ring (bicyclic) bond motifs is 1. The van der Waals surface area contributed by atoms with E-state index in [0.29, 0.717) is 5.69 Å². The van der Waals surface area contributed by atoms with Crippen LogP contribution in [-0.2, 0) is 34.1 Å². The minimum Gasteiger partial charge on any atom is -0.348 e. The van der Waals surface area contributed by atoms with Gasteiger partial charge in [0.1, 0.15) is 6.54 Å². The molecule has 0 aromatic heterocycles. The number of amides is 1. The van der Waals surface area contributed by atoms with Gasteiger partial charge in [-0.2, -0.15) is 0 Å². The zero-order valence-corrected chi connectivity index (χ0v) is 21.4. The topological polar surface area (TPSA) is 66.5 Å². The molecule has 0 aliphatic heterocycles. The van der Waals surface area contributed by atoms with Crippen molar-refractivity contribution < 1.29 is 13.2 Å². The van der Waals surface area contributed by atoms with Gasteiger partial charge in [0.05, 0.1) is 16.6 Å². The molecule has 1 N–H and O–H groups in total. The first kappa shape index (κ1) is 25.0. The Morgan fingerprint density at radius 1 is 0.914 bits per heavy atom. The Labute approximate surface area is 209 Å². The average molecular weight is 491 g/mol. The molecule has 0 spiro atoms. The SMILES string of the molecule is CCc1ccc(N(CC(=O)N[C@H](CC)c2ccc3c(c2)CCCC3)S(=O)(=O)c2ccccc2)cc1. The predicted octanol–water partition coefficient (Wildman–Crippen LogP) is 5.59. The van der Waals surface area contributed by atoms with E-state index in [1.807, 2.05) is 26.0 Å². The van der Waals surface area contributed by atoms with Gasteiger partial charge in [-0.3, -0.25) is 9.10 Å². The van der Waals surface area contributed by atoms with E-state index < -0.39 is 10.0 Å². The second-order valence-electron chi connectivity index (χ2n) is 9.11. The summed E-state index contributed by atoms with van der Waals surface area (Å²) in [5, 5.41) is 3.09. The van der Waals surface area contributed by atoms with E-state index >= 15 is 0 Å². The third-order valence-corrected chi connectivity index (χ3v) is 8.56. The molecule has 0 saturated heterocycles. The van der Waals surface area contributed by atoms with Crippen LogP contribution in [0, 0.1) is 0 Å². The molecule has 0 bridgehead atoms. The molecular weight excluding hydrogens is 456 g/mol. The van der Waals surface area contributed by atoms with Gasteiger partial charge >= 0.3 is 0 Å². The number of sulfonamides is 1. The van der Waals surface area contributed by atoms with Crippen molar-refractivity contribution in [1.82, 2.24) is 5.32 Å². The molecule has 5 nitrogen and oxygen atoms in total. The first-order valence-electron chi connectivity index (χ1n) is 12.5. The van der Waals surface area contributed by atoms with E-state index in [4.69, 9.17) is 0 Å². The summed E-state index contributed by atoms with van der Waals surface area (Å²) in [4.78, 5) is 13.4. The molecule has 3 aromatic carbocycles. The maximum Gasteiger partial charge on any atom is 0.264 e. The van der Waals surface area contributed by atoms with E-state index in [9.17, 15) is 13.2 Å². The Morgan fingerprint density at radius 3 is 2.26 bits per heavy atom. The van der Waals surface area contributed by atoms with Crippen LogP contribution in [0.25, 0.3) is 0 Å². The molecule has 184 valence electrons. The normalized spacial score (nSPS) is 14.1. The molecule has 1 amide bonds. The Morgan fingerprint density at radius 2 is 1.60 bits per heavy atom. The van der Waals surface area contributed by atoms with Gasteiger partial charge in [-0.05, 0) is 85.0 Å². The molecule has 0 unspecified atom stereocenters. The molecule has 0 fully saturated rings. The number of rotatable bonds is 9. The number of carbonyl (C=O) groups excluding carboxylic acids is 1. The predicted molar refractivity (Wildman–Crippen MR) is 141 cm³/mol. The van der Waals surface area contributed by atoms with Gasteiger partial charge in [0.25, 0.3) is 10.0 Å². The van der Waals surface area contributed by atoms with Crippen molar-refractivity contribution in [1.29, 1.82) is 0 Å². The highest BCUT2D eigenvalue weighted by Crippen LogP contribution is 2.27. The summed E-state index contributed by atoms with van der Waals surface area (Å²) < 4.78 is 28.3. The standard InChI is InChI=1S/C29H34N2O3S/c1-3-22-14-18-26(19-15-22)31(35(33,34)27-12-6-5-7-13-27)21-29(32)30-28(4-2)25-17-16-23-10-8-9-11-24(23)20-25/h5-7,12-20,28H,3-4,8-11,21H2,1-2H3,(H,30,32)/t28-/m1/s1. The van der Waals surface area contributed by atoms with Crippen molar-refractivity contribution in [2.45, 2.75) is 63.3 Å². The van der Waals surface area contributed by atoms with Gasteiger partial charge in [-0.15, -0.1) is 0 Å². The highest BCUT2D eigenvalue weighted by Gasteiger charge is 2.28. The van der Waals surface area contributed by atoms with E-state index in [-0.39, 0.29) is 23.4 Å². The number of aryl methyl sites for hydroxylation is 3. The minimum atomic E-state index is -3.92. The Bertz CT molecular complexity index is 1250. The van der Waals surface area contributed by atoms with Crippen molar-refractivity contribution in [3.63, 3.8) is 0 Å². The van der Waals surface area contributed by atoms with Gasteiger partial charge in [0.15, 0.2) is 0 Å². The van der Waals surface area contributed by atoms with Gasteiger partial charge < -0.3 is 5.32 Å². The summed E-state index contributed by atoms with van der Waals surface area (Å²) >= 11 is 0. The van der Waals surface area contributed by atoms with Crippen LogP contribution in [0.3, 0.4) is 0 Å². The van der Waals surface area contributed by atoms with E-state index in [1.165, 1.54) is 28.3 Å². The molecule has 1 aliphatic rings. The van der Waals surface area contributed by atoms with Gasteiger partial charge in [-0.25, -0.2) is 8.42 Å². The van der Waals surface area contributed by atoms with Crippen LogP contribution in [0.15, 0.2) is 77.7 Å². The van der Waals surface area contributed by atoms with Crippen LogP contribution in [-0.4, -0.2) is 20.9 Å². The molecule has 1 aliphatic carbocycles. The molecule has 35 heavy (non-hydrogen) atoms. The van der Waals surface area contributed by atoms with Gasteiger partial charge in [-0.1, -0.05) is 62.4 Å². The highest BCUT2D eigenvalue weighted by molar-refractivity contribution is 7.92. The summed E-state index contributed by atoms with van der Waals surface area (Å²) in [5.41, 5.74) is 5.42. The number of anilines is 1. The van der Waals surface area contributed by atoms with Crippen LogP contribution in [0.4, 0.5) is 5.69 Å². The third-order valence-electron chi connectivity index (χ3n) is 6.77. The van der Waals surface area contributed by atoms with Crippen LogP contribution < -0.4 is 9.62 Å². The van der Waals surface area contributed by atoms with E-state index in [1.54, 1.807) is 42.5 Å². The number of benzene rings is 3. The van der Waals surface area contributed by atoms with Crippen LogP contribution >= 0.6 is 0 Å². The van der Waals surface area contributed by atoms with E-state index in [0.717, 1.165) is 36.8 Å². The lowest BCUT2D eigenvalue weighted by atomic mass is 9.89. The summed E-state index contributed by atoms with van der Waals surface area (Å²) in [6, 6.07) is 21.9. The average Bonchev–Trinajstić information content (AvgIpc) is 2.90. The largest absolute Gasteiger partial charge is 0.348 e. The van der Waals surface area contributed by atoms with E-state index in [2.05, 4.69) is 23.5 Å². The lowest BCUT2D eigenvalue weighted by Gasteiger charge is -2.26. The van der Waals surface area contributed by atoms with Crippen LogP contribution in [0.5, 0.6) is 0 Å². The number of carbonyl (C=O) groups is 1. The fourth-order valence-corrected chi connectivity index (χ4v) is 6.14. The zero-order valence-electron chi connectivity index (χ0n) is 20.5. The Kier molecular flexibility index (Phi) is 7.91. The van der Waals surface area contributed by atoms with Gasteiger partial charge in [0.2, 0.25) is 5.91 Å². The summed E-state index contributed by atoms with van der Waals surface area (Å²) in [6.07, 6.45) is 6.19. The third kappa shape index (κ3) is 5.76. The highest BCUT2D eigenvalue weighted by atomic mass is 32.2. The van der Waals surface area contributed by atoms with Crippen molar-refractivity contribution in [3.05, 3.63) is 95.1 Å². The minimum absolute atomic E-state index is 0.161. The monoisotopic (exact) mass is 490 g/mol. The second kappa shape index (κ2) is 11.1. The number of nitrogens with one attached hydrogen (secondary N) is 1. The number of hydrogen-bond acceptors (Lipinski definition) is 3. The molecule has 1 atom stereocenters. The first-order valence-corrected chi connectivity index (χ1v) is 13.9. The number of nitrogens with zero attached hydrogens (tertiary/aromatic N) is 1. The van der Waals surface area contributed by atoms with Crippen LogP contribution in [0.2, 0.25) is 0 Å². The fourth-order valence-electron chi connectivity index (χ4n) is 4.69. The summed E-state index contributed by atoms with van der Waals surface area (Å²) in [6.45, 7) is 3.79. The summed E-state index contributed by atoms with van der Waals surface area (Å²) in [5.74, 6) is -0.325. The maximum atomic E-state index is 13.6. The first-order chi connectivity index (χ1) is 16.9. The lowest BCUT2D eigenvalue weighted by Crippen LogP contribution is -2.42. The smallest absolute Gasteiger partial charge is 0.264 e. The molecule has 0 saturated carbocycles. The maximum absolute atomic E-state index is 13.6. The van der Waals surface area contributed by atoms with Crippen molar-refractivity contribution in [2.24, 2.45) is 0 Å². The molecule has 0 radical (unpaired) electrons.